The largest absolute Gasteiger partial charge is 0.384 e. The number of anilines is 1. The lowest BCUT2D eigenvalue weighted by Gasteiger charge is -2.25. The van der Waals surface area contributed by atoms with Gasteiger partial charge in [0, 0.05) is 27.2 Å². The predicted octanol–water partition coefficient (Wildman–Crippen LogP) is -1.82. The number of nitrogens with zero attached hydrogens (tertiary/aromatic N) is 3. The van der Waals surface area contributed by atoms with Crippen LogP contribution in [0.1, 0.15) is 10.4 Å². The zero-order valence-electron chi connectivity index (χ0n) is 11.6. The highest BCUT2D eigenvalue weighted by Gasteiger charge is 2.22. The fraction of sp³-hybridized carbons (Fsp3) is 0.583. The highest BCUT2D eigenvalue weighted by atomic mass is 16.5. The van der Waals surface area contributed by atoms with Crippen LogP contribution in [0.5, 0.6) is 0 Å². The van der Waals surface area contributed by atoms with Gasteiger partial charge in [0.05, 0.1) is 19.8 Å². The molecule has 0 aromatic carbocycles. The Kier molecular flexibility index (Phi) is 4.05. The molecule has 8 heteroatoms. The summed E-state index contributed by atoms with van der Waals surface area (Å²) in [5.74, 6) is -0.461. The van der Waals surface area contributed by atoms with Crippen molar-refractivity contribution in [2.45, 2.75) is 0 Å². The van der Waals surface area contributed by atoms with Gasteiger partial charge in [0.25, 0.3) is 5.56 Å². The van der Waals surface area contributed by atoms with Gasteiger partial charge in [-0.2, -0.15) is 0 Å². The Balaban J connectivity index is 2.35. The number of nitrogen functional groups attached to an aromatic ring is 1. The summed E-state index contributed by atoms with van der Waals surface area (Å²) in [6, 6.07) is 0. The number of nitrogens with two attached hydrogens (primary N) is 1. The van der Waals surface area contributed by atoms with Gasteiger partial charge in [-0.3, -0.25) is 23.6 Å². The molecule has 1 aliphatic heterocycles. The number of Topliss-reactive ketones (excluding diaryl/α,β-unsaturated/α-hetero) is 1. The number of ketones is 1. The maximum atomic E-state index is 12.3. The zero-order chi connectivity index (χ0) is 14.9. The van der Waals surface area contributed by atoms with Crippen molar-refractivity contribution < 1.29 is 9.53 Å². The van der Waals surface area contributed by atoms with Gasteiger partial charge in [-0.15, -0.1) is 0 Å². The molecular formula is C12H18N4O4. The van der Waals surface area contributed by atoms with Crippen molar-refractivity contribution in [3.8, 4) is 0 Å². The highest BCUT2D eigenvalue weighted by molar-refractivity contribution is 6.01. The molecule has 2 heterocycles. The molecule has 0 bridgehead atoms. The van der Waals surface area contributed by atoms with Gasteiger partial charge < -0.3 is 10.5 Å². The van der Waals surface area contributed by atoms with Crippen molar-refractivity contribution >= 4 is 11.6 Å². The monoisotopic (exact) mass is 282 g/mol. The quantitative estimate of drug-likeness (QED) is 0.655. The first kappa shape index (κ1) is 14.5. The molecule has 0 saturated carbocycles. The average molecular weight is 282 g/mol. The molecular weight excluding hydrogens is 264 g/mol. The Labute approximate surface area is 115 Å². The van der Waals surface area contributed by atoms with Crippen LogP contribution < -0.4 is 17.0 Å². The van der Waals surface area contributed by atoms with E-state index in [-0.39, 0.29) is 23.7 Å². The molecule has 1 aliphatic rings. The SMILES string of the molecule is Cn1c(N)c(C(=O)CN2CCOCC2)c(=O)n(C)c1=O. The summed E-state index contributed by atoms with van der Waals surface area (Å²) in [7, 11) is 2.76. The van der Waals surface area contributed by atoms with E-state index in [0.717, 1.165) is 9.13 Å². The summed E-state index contributed by atoms with van der Waals surface area (Å²) < 4.78 is 7.20. The van der Waals surface area contributed by atoms with Crippen LogP contribution in [0.2, 0.25) is 0 Å². The second-order valence-electron chi connectivity index (χ2n) is 4.78. The van der Waals surface area contributed by atoms with Crippen molar-refractivity contribution in [2.75, 3.05) is 38.6 Å². The van der Waals surface area contributed by atoms with Crippen LogP contribution in [0.15, 0.2) is 9.59 Å². The number of rotatable bonds is 3. The van der Waals surface area contributed by atoms with Crippen LogP contribution >= 0.6 is 0 Å². The summed E-state index contributed by atoms with van der Waals surface area (Å²) >= 11 is 0. The maximum Gasteiger partial charge on any atom is 0.332 e. The third-order valence-corrected chi connectivity index (χ3v) is 3.46. The van der Waals surface area contributed by atoms with Crippen molar-refractivity contribution in [2.24, 2.45) is 14.1 Å². The first-order chi connectivity index (χ1) is 9.43. The van der Waals surface area contributed by atoms with E-state index in [1.807, 2.05) is 4.90 Å². The van der Waals surface area contributed by atoms with Gasteiger partial charge in [-0.1, -0.05) is 0 Å². The van der Waals surface area contributed by atoms with E-state index in [1.165, 1.54) is 14.1 Å². The van der Waals surface area contributed by atoms with Gasteiger partial charge in [0.2, 0.25) is 0 Å². The topological polar surface area (TPSA) is 99.6 Å². The van der Waals surface area contributed by atoms with Crippen molar-refractivity contribution in [1.29, 1.82) is 0 Å². The average Bonchev–Trinajstić information content (AvgIpc) is 2.44. The maximum absolute atomic E-state index is 12.3. The second kappa shape index (κ2) is 5.59. The summed E-state index contributed by atoms with van der Waals surface area (Å²) in [5.41, 5.74) is 4.43. The molecule has 0 spiro atoms. The standard InChI is InChI=1S/C12H18N4O4/c1-14-10(13)9(11(18)15(2)12(14)19)8(17)7-16-3-5-20-6-4-16/h3-7,13H2,1-2H3. The van der Waals surface area contributed by atoms with E-state index in [9.17, 15) is 14.4 Å². The molecule has 1 saturated heterocycles. The molecule has 1 aromatic rings. The Morgan fingerprint density at radius 1 is 1.20 bits per heavy atom. The Hall–Kier alpha value is -1.93. The van der Waals surface area contributed by atoms with Crippen LogP contribution in [-0.4, -0.2) is 52.7 Å². The number of hydrogen-bond donors (Lipinski definition) is 1. The van der Waals surface area contributed by atoms with Crippen molar-refractivity contribution in [1.82, 2.24) is 14.0 Å². The fourth-order valence-corrected chi connectivity index (χ4v) is 2.16. The number of hydrogen-bond acceptors (Lipinski definition) is 6. The predicted molar refractivity (Wildman–Crippen MR) is 72.9 cm³/mol. The van der Waals surface area contributed by atoms with E-state index in [4.69, 9.17) is 10.5 Å². The zero-order valence-corrected chi connectivity index (χ0v) is 11.6. The molecule has 2 rings (SSSR count). The summed E-state index contributed by atoms with van der Waals surface area (Å²) in [5, 5.41) is 0. The minimum absolute atomic E-state index is 0.0867. The Morgan fingerprint density at radius 2 is 1.80 bits per heavy atom. The summed E-state index contributed by atoms with van der Waals surface area (Å²) in [4.78, 5) is 37.9. The molecule has 110 valence electrons. The molecule has 8 nitrogen and oxygen atoms in total. The molecule has 2 N–H and O–H groups in total. The minimum atomic E-state index is -0.649. The third-order valence-electron chi connectivity index (χ3n) is 3.46. The third kappa shape index (κ3) is 2.52. The van der Waals surface area contributed by atoms with Gasteiger partial charge in [-0.25, -0.2) is 4.79 Å². The number of aromatic nitrogens is 2. The molecule has 0 radical (unpaired) electrons. The van der Waals surface area contributed by atoms with Crippen molar-refractivity contribution in [3.05, 3.63) is 26.4 Å². The Bertz CT molecular complexity index is 640. The van der Waals surface area contributed by atoms with Gasteiger partial charge >= 0.3 is 5.69 Å². The lowest BCUT2D eigenvalue weighted by molar-refractivity contribution is 0.0371. The molecule has 1 aromatic heterocycles. The van der Waals surface area contributed by atoms with E-state index < -0.39 is 11.2 Å². The molecule has 0 atom stereocenters. The molecule has 0 unspecified atom stereocenters. The first-order valence-electron chi connectivity index (χ1n) is 6.32. The van der Waals surface area contributed by atoms with Crippen LogP contribution in [-0.2, 0) is 18.8 Å². The first-order valence-corrected chi connectivity index (χ1v) is 6.32. The van der Waals surface area contributed by atoms with Crippen LogP contribution in [0.4, 0.5) is 5.82 Å². The molecule has 0 amide bonds. The summed E-state index contributed by atoms with van der Waals surface area (Å²) in [6.45, 7) is 2.50. The van der Waals surface area contributed by atoms with Gasteiger partial charge in [0.15, 0.2) is 5.78 Å². The normalized spacial score (nSPS) is 16.3. The smallest absolute Gasteiger partial charge is 0.332 e. The van der Waals surface area contributed by atoms with Crippen LogP contribution in [0.3, 0.4) is 0 Å². The number of carbonyl (C=O) groups excluding carboxylic acids is 1. The second-order valence-corrected chi connectivity index (χ2v) is 4.78. The highest BCUT2D eigenvalue weighted by Crippen LogP contribution is 2.06. The van der Waals surface area contributed by atoms with Gasteiger partial charge in [-0.05, 0) is 0 Å². The summed E-state index contributed by atoms with van der Waals surface area (Å²) in [6.07, 6.45) is 0. The van der Waals surface area contributed by atoms with E-state index in [1.54, 1.807) is 0 Å². The Morgan fingerprint density at radius 3 is 2.40 bits per heavy atom. The van der Waals surface area contributed by atoms with Crippen LogP contribution in [0, 0.1) is 0 Å². The fourth-order valence-electron chi connectivity index (χ4n) is 2.16. The minimum Gasteiger partial charge on any atom is -0.384 e. The molecule has 1 fully saturated rings. The van der Waals surface area contributed by atoms with E-state index in [0.29, 0.717) is 26.3 Å². The van der Waals surface area contributed by atoms with E-state index >= 15 is 0 Å². The molecule has 20 heavy (non-hydrogen) atoms. The van der Waals surface area contributed by atoms with Crippen LogP contribution in [0.25, 0.3) is 0 Å². The number of carbonyl (C=O) groups is 1. The van der Waals surface area contributed by atoms with Gasteiger partial charge in [0.1, 0.15) is 11.4 Å². The molecule has 0 aliphatic carbocycles. The lowest BCUT2D eigenvalue weighted by Crippen LogP contribution is -2.45. The number of ether oxygens (including phenoxy) is 1. The van der Waals surface area contributed by atoms with Crippen molar-refractivity contribution in [3.63, 3.8) is 0 Å². The van der Waals surface area contributed by atoms with E-state index in [2.05, 4.69) is 0 Å². The lowest BCUT2D eigenvalue weighted by atomic mass is 10.1. The number of morpholine rings is 1.